The summed E-state index contributed by atoms with van der Waals surface area (Å²) < 4.78 is 11.3. The van der Waals surface area contributed by atoms with E-state index in [-0.39, 0.29) is 11.3 Å². The van der Waals surface area contributed by atoms with Gasteiger partial charge in [-0.15, -0.1) is 0 Å². The zero-order chi connectivity index (χ0) is 17.6. The second kappa shape index (κ2) is 5.86. The van der Waals surface area contributed by atoms with Crippen molar-refractivity contribution < 1.29 is 14.1 Å². The molecule has 3 heterocycles. The number of fused-ring (bicyclic) bond motifs is 1. The maximum absolute atomic E-state index is 12.9. The number of amides is 1. The summed E-state index contributed by atoms with van der Waals surface area (Å²) in [5.74, 6) is 2.26. The van der Waals surface area contributed by atoms with Gasteiger partial charge in [0, 0.05) is 25.1 Å². The highest BCUT2D eigenvalue weighted by atomic mass is 16.5. The highest BCUT2D eigenvalue weighted by Crippen LogP contribution is 2.36. The summed E-state index contributed by atoms with van der Waals surface area (Å²) in [6.07, 6.45) is 1.90. The van der Waals surface area contributed by atoms with E-state index in [0.717, 1.165) is 24.2 Å². The number of rotatable bonds is 2. The van der Waals surface area contributed by atoms with Crippen LogP contribution in [0, 0.1) is 13.8 Å². The quantitative estimate of drug-likeness (QED) is 0.840. The predicted molar refractivity (Wildman–Crippen MR) is 91.5 cm³/mol. The van der Waals surface area contributed by atoms with Crippen molar-refractivity contribution in [3.05, 3.63) is 41.0 Å². The van der Waals surface area contributed by atoms with Crippen molar-refractivity contribution in [3.8, 4) is 5.75 Å². The van der Waals surface area contributed by atoms with Gasteiger partial charge < -0.3 is 14.2 Å². The van der Waals surface area contributed by atoms with Crippen LogP contribution in [0.3, 0.4) is 0 Å². The number of hydrogen-bond acceptors (Lipinski definition) is 5. The van der Waals surface area contributed by atoms with Crippen LogP contribution in [-0.4, -0.2) is 40.1 Å². The Hall–Kier alpha value is -2.37. The number of likely N-dealkylation sites (tertiary alicyclic amines) is 1. The first-order valence-corrected chi connectivity index (χ1v) is 8.81. The van der Waals surface area contributed by atoms with E-state index in [4.69, 9.17) is 9.26 Å². The molecule has 0 spiro atoms. The molecule has 6 nitrogen and oxygen atoms in total. The molecule has 0 bridgehead atoms. The molecule has 6 heteroatoms. The molecule has 0 aliphatic carbocycles. The van der Waals surface area contributed by atoms with Gasteiger partial charge in [-0.3, -0.25) is 4.79 Å². The summed E-state index contributed by atoms with van der Waals surface area (Å²) in [5.41, 5.74) is 2.18. The molecule has 25 heavy (non-hydrogen) atoms. The number of aromatic nitrogens is 2. The number of carbonyl (C=O) groups excluding carboxylic acids is 1. The van der Waals surface area contributed by atoms with Crippen LogP contribution >= 0.6 is 0 Å². The lowest BCUT2D eigenvalue weighted by Gasteiger charge is -2.37. The van der Waals surface area contributed by atoms with Crippen LogP contribution in [-0.2, 0) is 16.6 Å². The van der Waals surface area contributed by atoms with Crippen LogP contribution in [0.25, 0.3) is 0 Å². The predicted octanol–water partition coefficient (Wildman–Crippen LogP) is 2.57. The van der Waals surface area contributed by atoms with E-state index in [1.54, 1.807) is 0 Å². The van der Waals surface area contributed by atoms with Crippen LogP contribution in [0.4, 0.5) is 0 Å². The topological polar surface area (TPSA) is 68.5 Å². The summed E-state index contributed by atoms with van der Waals surface area (Å²) in [6.45, 7) is 7.39. The van der Waals surface area contributed by atoms with Crippen molar-refractivity contribution in [3.63, 3.8) is 0 Å². The molecule has 2 aliphatic heterocycles. The minimum Gasteiger partial charge on any atom is -0.480 e. The monoisotopic (exact) mass is 341 g/mol. The van der Waals surface area contributed by atoms with Gasteiger partial charge in [-0.1, -0.05) is 24.2 Å². The third-order valence-corrected chi connectivity index (χ3v) is 5.52. The summed E-state index contributed by atoms with van der Waals surface area (Å²) in [5, 5.41) is 3.90. The van der Waals surface area contributed by atoms with Gasteiger partial charge in [0.25, 0.3) is 5.91 Å². The van der Waals surface area contributed by atoms with Crippen molar-refractivity contribution >= 4 is 5.91 Å². The van der Waals surface area contributed by atoms with E-state index >= 15 is 0 Å². The molecule has 1 saturated heterocycles. The Morgan fingerprint density at radius 2 is 2.04 bits per heavy atom. The van der Waals surface area contributed by atoms with Gasteiger partial charge in [0.2, 0.25) is 5.89 Å². The zero-order valence-corrected chi connectivity index (χ0v) is 14.9. The minimum absolute atomic E-state index is 0.0827. The Balaban J connectivity index is 1.42. The maximum Gasteiger partial charge on any atom is 0.263 e. The summed E-state index contributed by atoms with van der Waals surface area (Å²) in [6, 6.07) is 5.98. The molecule has 1 atom stereocenters. The molecule has 0 N–H and O–H groups in total. The van der Waals surface area contributed by atoms with Crippen LogP contribution < -0.4 is 4.74 Å². The molecule has 1 aromatic carbocycles. The summed E-state index contributed by atoms with van der Waals surface area (Å²) in [7, 11) is 0. The Labute approximate surface area is 147 Å². The van der Waals surface area contributed by atoms with E-state index < -0.39 is 6.10 Å². The van der Waals surface area contributed by atoms with Gasteiger partial charge in [0.15, 0.2) is 11.9 Å². The fourth-order valence-electron chi connectivity index (χ4n) is 3.75. The summed E-state index contributed by atoms with van der Waals surface area (Å²) in [4.78, 5) is 19.2. The number of aryl methyl sites for hydroxylation is 2. The molecule has 1 amide bonds. The lowest BCUT2D eigenvalue weighted by molar-refractivity contribution is -0.139. The average Bonchev–Trinajstić information content (AvgIpc) is 3.22. The molecule has 2 aromatic rings. The Morgan fingerprint density at radius 1 is 1.28 bits per heavy atom. The van der Waals surface area contributed by atoms with Crippen molar-refractivity contribution in [1.82, 2.24) is 15.0 Å². The number of piperidine rings is 1. The zero-order valence-electron chi connectivity index (χ0n) is 14.9. The van der Waals surface area contributed by atoms with E-state index in [1.165, 1.54) is 5.56 Å². The third kappa shape index (κ3) is 2.79. The number of nitrogens with zero attached hydrogens (tertiary/aromatic N) is 3. The first-order valence-electron chi connectivity index (χ1n) is 8.81. The van der Waals surface area contributed by atoms with Crippen molar-refractivity contribution in [1.29, 1.82) is 0 Å². The highest BCUT2D eigenvalue weighted by Gasteiger charge is 2.40. The van der Waals surface area contributed by atoms with E-state index in [9.17, 15) is 4.79 Å². The molecule has 1 fully saturated rings. The SMILES string of the molecule is Cc1noc(C2(C)CCN(C(=O)C3Cc4c(C)cccc4O3)CC2)n1. The molecule has 1 aromatic heterocycles. The molecule has 2 aliphatic rings. The van der Waals surface area contributed by atoms with Crippen molar-refractivity contribution in [2.75, 3.05) is 13.1 Å². The van der Waals surface area contributed by atoms with Gasteiger partial charge in [0.1, 0.15) is 5.75 Å². The van der Waals surface area contributed by atoms with Crippen molar-refractivity contribution in [2.24, 2.45) is 0 Å². The second-order valence-electron chi connectivity index (χ2n) is 7.39. The molecular formula is C19H23N3O3. The van der Waals surface area contributed by atoms with Gasteiger partial charge in [-0.25, -0.2) is 0 Å². The van der Waals surface area contributed by atoms with Gasteiger partial charge in [0.05, 0.1) is 5.41 Å². The third-order valence-electron chi connectivity index (χ3n) is 5.52. The largest absolute Gasteiger partial charge is 0.480 e. The number of hydrogen-bond donors (Lipinski definition) is 0. The van der Waals surface area contributed by atoms with E-state index in [0.29, 0.717) is 31.2 Å². The standard InChI is InChI=1S/C19H23N3O3/c1-12-5-4-6-15-14(12)11-16(24-15)17(23)22-9-7-19(3,8-10-22)18-20-13(2)21-25-18/h4-6,16H,7-11H2,1-3H3. The maximum atomic E-state index is 12.9. The van der Waals surface area contributed by atoms with E-state index in [1.807, 2.05) is 24.0 Å². The summed E-state index contributed by atoms with van der Waals surface area (Å²) >= 11 is 0. The van der Waals surface area contributed by atoms with Gasteiger partial charge in [-0.2, -0.15) is 4.98 Å². The first kappa shape index (κ1) is 16.1. The second-order valence-corrected chi connectivity index (χ2v) is 7.39. The Bertz CT molecular complexity index is 806. The van der Waals surface area contributed by atoms with Crippen LogP contribution in [0.2, 0.25) is 0 Å². The normalized spacial score (nSPS) is 21.7. The lowest BCUT2D eigenvalue weighted by Crippen LogP contribution is -2.48. The Kier molecular flexibility index (Phi) is 3.78. The van der Waals surface area contributed by atoms with Gasteiger partial charge >= 0.3 is 0 Å². The molecule has 0 saturated carbocycles. The fraction of sp³-hybridized carbons (Fsp3) is 0.526. The number of ether oxygens (including phenoxy) is 1. The smallest absolute Gasteiger partial charge is 0.263 e. The first-order chi connectivity index (χ1) is 12.0. The lowest BCUT2D eigenvalue weighted by atomic mass is 9.80. The highest BCUT2D eigenvalue weighted by molar-refractivity contribution is 5.83. The molecule has 1 unspecified atom stereocenters. The molecule has 0 radical (unpaired) electrons. The van der Waals surface area contributed by atoms with Crippen LogP contribution in [0.1, 0.15) is 42.6 Å². The number of benzene rings is 1. The van der Waals surface area contributed by atoms with E-state index in [2.05, 4.69) is 30.1 Å². The van der Waals surface area contributed by atoms with Crippen molar-refractivity contribution in [2.45, 2.75) is 51.6 Å². The van der Waals surface area contributed by atoms with Crippen LogP contribution in [0.15, 0.2) is 22.7 Å². The molecular weight excluding hydrogens is 318 g/mol. The number of carbonyl (C=O) groups is 1. The Morgan fingerprint density at radius 3 is 2.68 bits per heavy atom. The molecule has 132 valence electrons. The average molecular weight is 341 g/mol. The fourth-order valence-corrected chi connectivity index (χ4v) is 3.75. The van der Waals surface area contributed by atoms with Crippen LogP contribution in [0.5, 0.6) is 5.75 Å². The van der Waals surface area contributed by atoms with Gasteiger partial charge in [-0.05, 0) is 38.3 Å². The minimum atomic E-state index is -0.397. The molecule has 4 rings (SSSR count).